The van der Waals surface area contributed by atoms with Crippen LogP contribution in [0.3, 0.4) is 0 Å². The smallest absolute Gasteiger partial charge is 0.326 e. The van der Waals surface area contributed by atoms with E-state index in [4.69, 9.17) is 9.47 Å². The van der Waals surface area contributed by atoms with Crippen molar-refractivity contribution in [3.63, 3.8) is 0 Å². The number of rotatable bonds is 7. The molecule has 0 radical (unpaired) electrons. The van der Waals surface area contributed by atoms with Crippen LogP contribution in [0.2, 0.25) is 0 Å². The summed E-state index contributed by atoms with van der Waals surface area (Å²) in [6.45, 7) is 5.28. The van der Waals surface area contributed by atoms with Gasteiger partial charge in [0.1, 0.15) is 11.9 Å². The number of esters is 1. The minimum Gasteiger partial charge on any atom is -0.468 e. The van der Waals surface area contributed by atoms with Gasteiger partial charge >= 0.3 is 5.97 Å². The highest BCUT2D eigenvalue weighted by Crippen LogP contribution is 2.23. The van der Waals surface area contributed by atoms with Crippen molar-refractivity contribution in [2.75, 3.05) is 13.7 Å². The number of methoxy groups -OCH3 is 1. The van der Waals surface area contributed by atoms with E-state index in [1.54, 1.807) is 6.07 Å². The quantitative estimate of drug-likeness (QED) is 0.557. The molecule has 0 spiro atoms. The fraction of sp³-hybridized carbons (Fsp3) is 0.333. The van der Waals surface area contributed by atoms with E-state index in [9.17, 15) is 13.2 Å². The van der Waals surface area contributed by atoms with Gasteiger partial charge in [0, 0.05) is 5.56 Å². The molecule has 0 aliphatic rings. The molecule has 1 aromatic heterocycles. The maximum absolute atomic E-state index is 12.9. The molecule has 1 heterocycles. The maximum Gasteiger partial charge on any atom is 0.326 e. The van der Waals surface area contributed by atoms with Crippen LogP contribution >= 0.6 is 0 Å². The molecule has 0 aliphatic carbocycles. The Morgan fingerprint density at radius 2 is 1.87 bits per heavy atom. The summed E-state index contributed by atoms with van der Waals surface area (Å²) in [6, 6.07) is 12.9. The van der Waals surface area contributed by atoms with Gasteiger partial charge in [-0.3, -0.25) is 4.79 Å². The van der Waals surface area contributed by atoms with Crippen LogP contribution in [0.15, 0.2) is 53.4 Å². The van der Waals surface area contributed by atoms with E-state index in [1.165, 1.54) is 19.2 Å². The molecule has 0 bridgehead atoms. The van der Waals surface area contributed by atoms with Gasteiger partial charge in [0.15, 0.2) is 0 Å². The van der Waals surface area contributed by atoms with Crippen LogP contribution < -0.4 is 4.72 Å². The number of nitrogens with one attached hydrogen (secondary N) is 2. The molecule has 3 rings (SSSR count). The summed E-state index contributed by atoms with van der Waals surface area (Å²) in [5.74, 6) is -0.0871. The summed E-state index contributed by atoms with van der Waals surface area (Å²) in [4.78, 5) is 19.7. The van der Waals surface area contributed by atoms with Gasteiger partial charge in [-0.2, -0.15) is 4.72 Å². The molecule has 0 saturated heterocycles. The van der Waals surface area contributed by atoms with Crippen LogP contribution in [0.1, 0.15) is 20.8 Å². The van der Waals surface area contributed by atoms with Gasteiger partial charge in [-0.25, -0.2) is 13.4 Å². The molecule has 0 saturated carbocycles. The molecule has 2 aromatic carbocycles. The summed E-state index contributed by atoms with van der Waals surface area (Å²) >= 11 is 0. The molecule has 1 atom stereocenters. The first-order chi connectivity index (χ1) is 14.1. The minimum atomic E-state index is -4.01. The predicted molar refractivity (Wildman–Crippen MR) is 113 cm³/mol. The van der Waals surface area contributed by atoms with Gasteiger partial charge in [0.25, 0.3) is 0 Å². The average Bonchev–Trinajstić information content (AvgIpc) is 3.14. The first-order valence-corrected chi connectivity index (χ1v) is 10.9. The van der Waals surface area contributed by atoms with Crippen LogP contribution in [0, 0.1) is 0 Å². The van der Waals surface area contributed by atoms with Crippen LogP contribution in [0.5, 0.6) is 0 Å². The molecular weight excluding hydrogens is 406 g/mol. The number of hydrogen-bond acceptors (Lipinski definition) is 6. The summed E-state index contributed by atoms with van der Waals surface area (Å²) in [5, 5.41) is 0. The zero-order valence-corrected chi connectivity index (χ0v) is 18.1. The molecule has 160 valence electrons. The summed E-state index contributed by atoms with van der Waals surface area (Å²) in [6.07, 6.45) is 0. The first-order valence-electron chi connectivity index (χ1n) is 9.38. The van der Waals surface area contributed by atoms with Gasteiger partial charge in [-0.1, -0.05) is 30.3 Å². The molecule has 3 aromatic rings. The highest BCUT2D eigenvalue weighted by Gasteiger charge is 2.28. The van der Waals surface area contributed by atoms with Crippen molar-refractivity contribution in [2.24, 2.45) is 0 Å². The van der Waals surface area contributed by atoms with E-state index >= 15 is 0 Å². The van der Waals surface area contributed by atoms with E-state index in [0.717, 1.165) is 5.56 Å². The zero-order chi connectivity index (χ0) is 21.9. The summed E-state index contributed by atoms with van der Waals surface area (Å²) in [5.41, 5.74) is 1.55. The molecular formula is C21H25N3O5S. The normalized spacial score (nSPS) is 13.3. The van der Waals surface area contributed by atoms with Crippen molar-refractivity contribution in [2.45, 2.75) is 37.3 Å². The van der Waals surface area contributed by atoms with Crippen LogP contribution in [0.25, 0.3) is 22.4 Å². The van der Waals surface area contributed by atoms with Gasteiger partial charge < -0.3 is 14.5 Å². The lowest BCUT2D eigenvalue weighted by Gasteiger charge is -2.23. The van der Waals surface area contributed by atoms with E-state index < -0.39 is 27.6 Å². The van der Waals surface area contributed by atoms with E-state index in [0.29, 0.717) is 16.9 Å². The third-order valence-corrected chi connectivity index (χ3v) is 5.75. The van der Waals surface area contributed by atoms with Crippen LogP contribution in [-0.2, 0) is 24.3 Å². The van der Waals surface area contributed by atoms with Crippen molar-refractivity contribution < 1.29 is 22.7 Å². The number of aromatic nitrogens is 2. The standard InChI is InChI=1S/C21H25N3O5S/c1-21(2,3)29-13-18(20(25)28-4)24-30(26,27)15-10-11-16-17(12-15)23-19(22-16)14-8-6-5-7-9-14/h5-12,18,24H,13H2,1-4H3,(H,22,23). The Hall–Kier alpha value is -2.75. The lowest BCUT2D eigenvalue weighted by Crippen LogP contribution is -2.46. The fourth-order valence-corrected chi connectivity index (χ4v) is 3.96. The van der Waals surface area contributed by atoms with Crippen molar-refractivity contribution in [3.05, 3.63) is 48.5 Å². The molecule has 0 amide bonds. The molecule has 0 fully saturated rings. The van der Waals surface area contributed by atoms with Crippen molar-refractivity contribution in [3.8, 4) is 11.4 Å². The van der Waals surface area contributed by atoms with Crippen LogP contribution in [0.4, 0.5) is 0 Å². The zero-order valence-electron chi connectivity index (χ0n) is 17.3. The second kappa shape index (κ2) is 8.55. The Labute approximate surface area is 175 Å². The third kappa shape index (κ3) is 5.24. The van der Waals surface area contributed by atoms with Gasteiger partial charge in [0.2, 0.25) is 10.0 Å². The monoisotopic (exact) mass is 431 g/mol. The van der Waals surface area contributed by atoms with E-state index in [-0.39, 0.29) is 11.5 Å². The molecule has 1 unspecified atom stereocenters. The average molecular weight is 432 g/mol. The number of imidazole rings is 1. The predicted octanol–water partition coefficient (Wildman–Crippen LogP) is 2.86. The number of H-pyrrole nitrogens is 1. The second-order valence-corrected chi connectivity index (χ2v) is 9.46. The van der Waals surface area contributed by atoms with E-state index in [2.05, 4.69) is 14.7 Å². The lowest BCUT2D eigenvalue weighted by molar-refractivity contribution is -0.145. The molecule has 2 N–H and O–H groups in total. The van der Waals surface area contributed by atoms with Crippen molar-refractivity contribution >= 4 is 27.0 Å². The number of sulfonamides is 1. The largest absolute Gasteiger partial charge is 0.468 e. The lowest BCUT2D eigenvalue weighted by atomic mass is 10.2. The van der Waals surface area contributed by atoms with Gasteiger partial charge in [-0.15, -0.1) is 0 Å². The number of aromatic amines is 1. The number of benzene rings is 2. The highest BCUT2D eigenvalue weighted by molar-refractivity contribution is 7.89. The molecule has 8 nitrogen and oxygen atoms in total. The number of carbonyl (C=O) groups excluding carboxylic acids is 1. The molecule has 30 heavy (non-hydrogen) atoms. The first kappa shape index (κ1) is 21.9. The Balaban J connectivity index is 1.87. The summed E-state index contributed by atoms with van der Waals surface area (Å²) < 4.78 is 38.5. The topological polar surface area (TPSA) is 110 Å². The number of hydrogen-bond donors (Lipinski definition) is 2. The maximum atomic E-state index is 12.9. The van der Waals surface area contributed by atoms with Crippen molar-refractivity contribution in [1.29, 1.82) is 0 Å². The molecule has 0 aliphatic heterocycles. The van der Waals surface area contributed by atoms with Gasteiger partial charge in [-0.05, 0) is 39.0 Å². The fourth-order valence-electron chi connectivity index (χ4n) is 2.77. The van der Waals surface area contributed by atoms with E-state index in [1.807, 2.05) is 51.1 Å². The Kier molecular flexibility index (Phi) is 6.25. The Morgan fingerprint density at radius 3 is 2.50 bits per heavy atom. The highest BCUT2D eigenvalue weighted by atomic mass is 32.2. The Morgan fingerprint density at radius 1 is 1.17 bits per heavy atom. The number of ether oxygens (including phenoxy) is 2. The van der Waals surface area contributed by atoms with Crippen LogP contribution in [-0.4, -0.2) is 49.7 Å². The third-order valence-electron chi connectivity index (χ3n) is 4.28. The van der Waals surface area contributed by atoms with Gasteiger partial charge in [0.05, 0.1) is 35.2 Å². The summed E-state index contributed by atoms with van der Waals surface area (Å²) in [7, 11) is -2.81. The number of nitrogens with zero attached hydrogens (tertiary/aromatic N) is 1. The second-order valence-electron chi connectivity index (χ2n) is 7.75. The number of fused-ring (bicyclic) bond motifs is 1. The van der Waals surface area contributed by atoms with Crippen molar-refractivity contribution in [1.82, 2.24) is 14.7 Å². The number of carbonyl (C=O) groups is 1. The SMILES string of the molecule is COC(=O)C(COC(C)(C)C)NS(=O)(=O)c1ccc2nc(-c3ccccc3)[nH]c2c1. The minimum absolute atomic E-state index is 0.00271. The molecule has 9 heteroatoms. The Bertz CT molecular complexity index is 1130.